The van der Waals surface area contributed by atoms with Gasteiger partial charge in [-0.25, -0.2) is 9.67 Å². The second-order valence-corrected chi connectivity index (χ2v) is 7.58. The van der Waals surface area contributed by atoms with E-state index in [-0.39, 0.29) is 5.56 Å². The molecule has 0 radical (unpaired) electrons. The quantitative estimate of drug-likeness (QED) is 0.344. The molecule has 0 bridgehead atoms. The van der Waals surface area contributed by atoms with Crippen molar-refractivity contribution in [1.29, 1.82) is 0 Å². The second kappa shape index (κ2) is 8.57. The Labute approximate surface area is 172 Å². The highest BCUT2D eigenvalue weighted by atomic mass is 32.2. The molecular formula is C21H22N6OS. The van der Waals surface area contributed by atoms with Gasteiger partial charge in [0.05, 0.1) is 22.3 Å². The van der Waals surface area contributed by atoms with E-state index < -0.39 is 0 Å². The van der Waals surface area contributed by atoms with E-state index in [0.717, 1.165) is 36.5 Å². The minimum absolute atomic E-state index is 0.0628. The Balaban J connectivity index is 1.83. The van der Waals surface area contributed by atoms with Crippen LogP contribution in [0.25, 0.3) is 16.6 Å². The fourth-order valence-corrected chi connectivity index (χ4v) is 4.23. The third kappa shape index (κ3) is 3.80. The molecular weight excluding hydrogens is 384 g/mol. The number of hydrogen-bond donors (Lipinski definition) is 0. The van der Waals surface area contributed by atoms with E-state index in [4.69, 9.17) is 4.98 Å². The summed E-state index contributed by atoms with van der Waals surface area (Å²) >= 11 is 1.48. The number of thioether (sulfide) groups is 1. The van der Waals surface area contributed by atoms with Crippen LogP contribution < -0.4 is 5.56 Å². The number of benzene rings is 2. The van der Waals surface area contributed by atoms with Crippen molar-refractivity contribution in [1.82, 2.24) is 29.8 Å². The zero-order valence-electron chi connectivity index (χ0n) is 16.4. The molecule has 0 atom stereocenters. The molecule has 0 aliphatic rings. The molecule has 0 unspecified atom stereocenters. The highest BCUT2D eigenvalue weighted by molar-refractivity contribution is 7.98. The molecule has 148 valence electrons. The van der Waals surface area contributed by atoms with E-state index in [1.54, 1.807) is 9.25 Å². The van der Waals surface area contributed by atoms with Gasteiger partial charge in [0.1, 0.15) is 0 Å². The number of aromatic nitrogens is 6. The number of aryl methyl sites for hydroxylation is 2. The van der Waals surface area contributed by atoms with Crippen molar-refractivity contribution in [3.05, 3.63) is 70.3 Å². The lowest BCUT2D eigenvalue weighted by atomic mass is 10.1. The minimum Gasteiger partial charge on any atom is -0.268 e. The third-order valence-corrected chi connectivity index (χ3v) is 5.66. The monoisotopic (exact) mass is 406 g/mol. The maximum atomic E-state index is 13.4. The van der Waals surface area contributed by atoms with E-state index in [1.807, 2.05) is 48.5 Å². The first-order chi connectivity index (χ1) is 14.2. The predicted octanol–water partition coefficient (Wildman–Crippen LogP) is 3.64. The van der Waals surface area contributed by atoms with Crippen molar-refractivity contribution in [2.24, 2.45) is 0 Å². The summed E-state index contributed by atoms with van der Waals surface area (Å²) in [7, 11) is 0. The Morgan fingerprint density at radius 3 is 2.66 bits per heavy atom. The van der Waals surface area contributed by atoms with Gasteiger partial charge in [-0.3, -0.25) is 9.36 Å². The van der Waals surface area contributed by atoms with E-state index in [2.05, 4.69) is 29.4 Å². The third-order valence-electron chi connectivity index (χ3n) is 4.73. The molecule has 2 heterocycles. The first kappa shape index (κ1) is 19.3. The Morgan fingerprint density at radius 1 is 1.03 bits per heavy atom. The molecule has 4 rings (SSSR count). The fourth-order valence-electron chi connectivity index (χ4n) is 3.29. The molecule has 0 aliphatic carbocycles. The van der Waals surface area contributed by atoms with Gasteiger partial charge in [-0.05, 0) is 47.0 Å². The molecule has 0 saturated carbocycles. The summed E-state index contributed by atoms with van der Waals surface area (Å²) in [5.41, 5.74) is 2.60. The lowest BCUT2D eigenvalue weighted by molar-refractivity contribution is 0.564. The lowest BCUT2D eigenvalue weighted by Gasteiger charge is -2.15. The van der Waals surface area contributed by atoms with Gasteiger partial charge in [0.15, 0.2) is 11.0 Å². The molecule has 2 aromatic carbocycles. The summed E-state index contributed by atoms with van der Waals surface area (Å²) in [5.74, 6) is 1.31. The molecule has 0 amide bonds. The van der Waals surface area contributed by atoms with Crippen LogP contribution in [0.15, 0.2) is 58.5 Å². The first-order valence-electron chi connectivity index (χ1n) is 9.70. The topological polar surface area (TPSA) is 78.5 Å². The summed E-state index contributed by atoms with van der Waals surface area (Å²) in [6.07, 6.45) is 1.78. The van der Waals surface area contributed by atoms with Gasteiger partial charge in [0.25, 0.3) is 5.56 Å². The van der Waals surface area contributed by atoms with Crippen LogP contribution in [-0.2, 0) is 18.7 Å². The van der Waals surface area contributed by atoms with Crippen LogP contribution in [0.1, 0.15) is 31.7 Å². The average Bonchev–Trinajstić information content (AvgIpc) is 3.20. The van der Waals surface area contributed by atoms with Crippen LogP contribution in [0.3, 0.4) is 0 Å². The van der Waals surface area contributed by atoms with Gasteiger partial charge < -0.3 is 0 Å². The van der Waals surface area contributed by atoms with Crippen molar-refractivity contribution in [2.45, 2.75) is 44.1 Å². The molecule has 29 heavy (non-hydrogen) atoms. The largest absolute Gasteiger partial charge is 0.268 e. The van der Waals surface area contributed by atoms with E-state index in [9.17, 15) is 4.79 Å². The molecule has 2 aromatic heterocycles. The van der Waals surface area contributed by atoms with Gasteiger partial charge in [0, 0.05) is 6.54 Å². The number of para-hydroxylation sites is 2. The van der Waals surface area contributed by atoms with E-state index in [0.29, 0.717) is 21.8 Å². The molecule has 8 heteroatoms. The van der Waals surface area contributed by atoms with E-state index in [1.165, 1.54) is 11.8 Å². The predicted molar refractivity (Wildman–Crippen MR) is 114 cm³/mol. The normalized spacial score (nSPS) is 11.2. The molecule has 7 nitrogen and oxygen atoms in total. The van der Waals surface area contributed by atoms with Crippen molar-refractivity contribution in [2.75, 3.05) is 0 Å². The van der Waals surface area contributed by atoms with Crippen molar-refractivity contribution >= 4 is 22.7 Å². The Hall–Kier alpha value is -3.00. The molecule has 0 N–H and O–H groups in total. The summed E-state index contributed by atoms with van der Waals surface area (Å²) in [6.45, 7) is 4.94. The fraction of sp³-hybridized carbons (Fsp3) is 0.286. The number of nitrogens with zero attached hydrogens (tertiary/aromatic N) is 6. The molecule has 0 aliphatic heterocycles. The molecule has 4 aromatic rings. The van der Waals surface area contributed by atoms with Crippen molar-refractivity contribution in [3.63, 3.8) is 0 Å². The average molecular weight is 407 g/mol. The summed E-state index contributed by atoms with van der Waals surface area (Å²) in [6, 6.07) is 15.4. The van der Waals surface area contributed by atoms with Crippen molar-refractivity contribution in [3.8, 4) is 5.69 Å². The summed E-state index contributed by atoms with van der Waals surface area (Å²) in [5, 5.41) is 13.2. The van der Waals surface area contributed by atoms with Gasteiger partial charge >= 0.3 is 0 Å². The van der Waals surface area contributed by atoms with Crippen LogP contribution in [0, 0.1) is 0 Å². The Morgan fingerprint density at radius 2 is 1.83 bits per heavy atom. The number of fused-ring (bicyclic) bond motifs is 1. The van der Waals surface area contributed by atoms with Crippen LogP contribution in [0.2, 0.25) is 0 Å². The highest BCUT2D eigenvalue weighted by Crippen LogP contribution is 2.25. The standard InChI is InChI=1S/C21H22N6OS/c1-3-13-26-19(23-24-25-26)14-29-21-22-17-11-7-6-10-16(17)20(28)27(21)18-12-8-5-9-15(18)4-2/h5-12H,3-4,13-14H2,1-2H3. The van der Waals surface area contributed by atoms with Crippen LogP contribution in [-0.4, -0.2) is 29.8 Å². The highest BCUT2D eigenvalue weighted by Gasteiger charge is 2.16. The van der Waals surface area contributed by atoms with E-state index >= 15 is 0 Å². The Bertz CT molecular complexity index is 1200. The minimum atomic E-state index is -0.0628. The van der Waals surface area contributed by atoms with Gasteiger partial charge in [0.2, 0.25) is 0 Å². The number of hydrogen-bond acceptors (Lipinski definition) is 6. The first-order valence-corrected chi connectivity index (χ1v) is 10.7. The maximum absolute atomic E-state index is 13.4. The zero-order valence-corrected chi connectivity index (χ0v) is 17.3. The number of rotatable bonds is 7. The lowest BCUT2D eigenvalue weighted by Crippen LogP contribution is -2.23. The Kier molecular flexibility index (Phi) is 5.71. The second-order valence-electron chi connectivity index (χ2n) is 6.64. The zero-order chi connectivity index (χ0) is 20.2. The van der Waals surface area contributed by atoms with Crippen molar-refractivity contribution < 1.29 is 0 Å². The van der Waals surface area contributed by atoms with Gasteiger partial charge in [-0.2, -0.15) is 0 Å². The van der Waals surface area contributed by atoms with Crippen LogP contribution in [0.5, 0.6) is 0 Å². The van der Waals surface area contributed by atoms with Gasteiger partial charge in [-0.1, -0.05) is 55.9 Å². The molecule has 0 fully saturated rings. The summed E-state index contributed by atoms with van der Waals surface area (Å²) < 4.78 is 3.52. The van der Waals surface area contributed by atoms with Gasteiger partial charge in [-0.15, -0.1) is 5.10 Å². The number of tetrazole rings is 1. The maximum Gasteiger partial charge on any atom is 0.266 e. The molecule has 0 spiro atoms. The van der Waals surface area contributed by atoms with Crippen LogP contribution >= 0.6 is 11.8 Å². The smallest absolute Gasteiger partial charge is 0.266 e. The SMILES string of the molecule is CCCn1nnnc1CSc1nc2ccccc2c(=O)n1-c1ccccc1CC. The summed E-state index contributed by atoms with van der Waals surface area (Å²) in [4.78, 5) is 18.2. The van der Waals surface area contributed by atoms with Crippen LogP contribution in [0.4, 0.5) is 0 Å². The molecule has 0 saturated heterocycles.